The molecule has 0 heterocycles. The zero-order valence-corrected chi connectivity index (χ0v) is 26.5. The molecule has 0 fully saturated rings. The normalized spacial score (nSPS) is 12.2. The predicted octanol–water partition coefficient (Wildman–Crippen LogP) is 6.13. The minimum atomic E-state index is -4.00. The molecule has 41 heavy (non-hydrogen) atoms. The van der Waals surface area contributed by atoms with E-state index in [1.54, 1.807) is 0 Å². The quantitative estimate of drug-likeness (QED) is 0.242. The molecule has 0 radical (unpaired) electrons. The highest BCUT2D eigenvalue weighted by Gasteiger charge is 2.33. The molecule has 11 heteroatoms. The van der Waals surface area contributed by atoms with Crippen LogP contribution >= 0.6 is 34.8 Å². The molecule has 0 saturated heterocycles. The molecule has 220 valence electrons. The van der Waals surface area contributed by atoms with Crippen LogP contribution in [0.15, 0.2) is 66.7 Å². The lowest BCUT2D eigenvalue weighted by atomic mass is 10.0. The Kier molecular flexibility index (Phi) is 11.5. The van der Waals surface area contributed by atoms with Gasteiger partial charge in [-0.25, -0.2) is 8.42 Å². The second kappa shape index (κ2) is 14.4. The monoisotopic (exact) mass is 637 g/mol. The number of hydrogen-bond donors (Lipinski definition) is 1. The third-order valence-electron chi connectivity index (χ3n) is 6.37. The van der Waals surface area contributed by atoms with Crippen LogP contribution in [0.5, 0.6) is 0 Å². The van der Waals surface area contributed by atoms with Crippen LogP contribution in [0.4, 0.5) is 5.69 Å². The Balaban J connectivity index is 2.08. The third-order valence-corrected chi connectivity index (χ3v) is 8.52. The fourth-order valence-corrected chi connectivity index (χ4v) is 5.71. The lowest BCUT2D eigenvalue weighted by molar-refractivity contribution is -0.140. The minimum Gasteiger partial charge on any atom is -0.354 e. The van der Waals surface area contributed by atoms with Gasteiger partial charge < -0.3 is 10.2 Å². The first-order valence-electron chi connectivity index (χ1n) is 13.0. The van der Waals surface area contributed by atoms with E-state index in [0.29, 0.717) is 6.54 Å². The molecule has 7 nitrogen and oxygen atoms in total. The van der Waals surface area contributed by atoms with Gasteiger partial charge >= 0.3 is 0 Å². The number of amides is 2. The summed E-state index contributed by atoms with van der Waals surface area (Å²) in [5.41, 5.74) is 2.69. The molecule has 0 aliphatic rings. The largest absolute Gasteiger partial charge is 0.354 e. The van der Waals surface area contributed by atoms with Gasteiger partial charge in [0.25, 0.3) is 0 Å². The fraction of sp³-hybridized carbons (Fsp3) is 0.333. The summed E-state index contributed by atoms with van der Waals surface area (Å²) >= 11 is 18.6. The number of sulfonamides is 1. The Morgan fingerprint density at radius 3 is 2.07 bits per heavy atom. The molecule has 3 rings (SSSR count). The molecule has 3 aromatic rings. The van der Waals surface area contributed by atoms with Gasteiger partial charge in [0.2, 0.25) is 21.8 Å². The Labute approximate surface area is 257 Å². The molecule has 0 saturated carbocycles. The number of halogens is 3. The van der Waals surface area contributed by atoms with Crippen LogP contribution in [0.1, 0.15) is 30.5 Å². The molecule has 1 N–H and O–H groups in total. The number of nitrogens with one attached hydrogen (secondary N) is 1. The first-order valence-corrected chi connectivity index (χ1v) is 16.0. The SMILES string of the molecule is Cc1ccc(CN(C(=O)CN(c2cc(Cl)c(Cl)cc2Cl)S(C)(=O)=O)C(Cc2ccccc2)C(=O)NCC(C)C)cc1. The van der Waals surface area contributed by atoms with E-state index in [2.05, 4.69) is 5.32 Å². The Morgan fingerprint density at radius 1 is 0.878 bits per heavy atom. The van der Waals surface area contributed by atoms with Crippen molar-refractivity contribution in [1.29, 1.82) is 0 Å². The number of rotatable bonds is 12. The lowest BCUT2D eigenvalue weighted by Crippen LogP contribution is -2.53. The van der Waals surface area contributed by atoms with Crippen molar-refractivity contribution in [1.82, 2.24) is 10.2 Å². The van der Waals surface area contributed by atoms with E-state index in [9.17, 15) is 18.0 Å². The smallest absolute Gasteiger partial charge is 0.244 e. The van der Waals surface area contributed by atoms with Gasteiger partial charge in [0.05, 0.1) is 27.0 Å². The van der Waals surface area contributed by atoms with E-state index in [1.165, 1.54) is 17.0 Å². The summed E-state index contributed by atoms with van der Waals surface area (Å²) in [5, 5.41) is 3.19. The number of carbonyl (C=O) groups excluding carboxylic acids is 2. The number of anilines is 1. The van der Waals surface area contributed by atoms with Crippen molar-refractivity contribution in [2.45, 2.75) is 39.8 Å². The molecule has 0 spiro atoms. The predicted molar refractivity (Wildman–Crippen MR) is 167 cm³/mol. The summed E-state index contributed by atoms with van der Waals surface area (Å²) < 4.78 is 26.8. The van der Waals surface area contributed by atoms with Crippen molar-refractivity contribution in [2.24, 2.45) is 5.92 Å². The zero-order valence-electron chi connectivity index (χ0n) is 23.4. The van der Waals surface area contributed by atoms with Crippen molar-refractivity contribution < 1.29 is 18.0 Å². The topological polar surface area (TPSA) is 86.8 Å². The maximum absolute atomic E-state index is 14.1. The van der Waals surface area contributed by atoms with Crippen LogP contribution in [-0.2, 0) is 32.6 Å². The zero-order chi connectivity index (χ0) is 30.3. The van der Waals surface area contributed by atoms with Gasteiger partial charge in [-0.2, -0.15) is 0 Å². The van der Waals surface area contributed by atoms with E-state index >= 15 is 0 Å². The molecule has 0 aliphatic carbocycles. The Bertz CT molecular complexity index is 1470. The number of carbonyl (C=O) groups is 2. The van der Waals surface area contributed by atoms with E-state index in [0.717, 1.165) is 27.3 Å². The third kappa shape index (κ3) is 9.36. The van der Waals surface area contributed by atoms with Crippen molar-refractivity contribution in [3.8, 4) is 0 Å². The van der Waals surface area contributed by atoms with Gasteiger partial charge in [0, 0.05) is 19.5 Å². The molecule has 1 atom stereocenters. The van der Waals surface area contributed by atoms with Crippen LogP contribution in [0.25, 0.3) is 0 Å². The van der Waals surface area contributed by atoms with E-state index in [4.69, 9.17) is 34.8 Å². The van der Waals surface area contributed by atoms with Crippen LogP contribution in [-0.4, -0.2) is 50.5 Å². The average molecular weight is 639 g/mol. The van der Waals surface area contributed by atoms with Gasteiger partial charge in [-0.15, -0.1) is 0 Å². The second-order valence-corrected chi connectivity index (χ2v) is 13.5. The molecule has 0 aliphatic heterocycles. The highest BCUT2D eigenvalue weighted by atomic mass is 35.5. The first kappa shape index (κ1) is 32.7. The summed E-state index contributed by atoms with van der Waals surface area (Å²) in [7, 11) is -4.00. The highest BCUT2D eigenvalue weighted by molar-refractivity contribution is 7.92. The fourth-order valence-electron chi connectivity index (χ4n) is 4.16. The van der Waals surface area contributed by atoms with Gasteiger partial charge in [-0.05, 0) is 36.1 Å². The van der Waals surface area contributed by atoms with Crippen LogP contribution < -0.4 is 9.62 Å². The number of benzene rings is 3. The van der Waals surface area contributed by atoms with Crippen LogP contribution in [0.2, 0.25) is 15.1 Å². The number of aryl methyl sites for hydroxylation is 1. The molecule has 1 unspecified atom stereocenters. The molecule has 0 bridgehead atoms. The van der Waals surface area contributed by atoms with Gasteiger partial charge in [-0.1, -0.05) is 109 Å². The van der Waals surface area contributed by atoms with E-state index < -0.39 is 28.5 Å². The number of hydrogen-bond acceptors (Lipinski definition) is 4. The van der Waals surface area contributed by atoms with Crippen LogP contribution in [0.3, 0.4) is 0 Å². The summed E-state index contributed by atoms with van der Waals surface area (Å²) in [6.07, 6.45) is 1.20. The summed E-state index contributed by atoms with van der Waals surface area (Å²) in [5.74, 6) is -0.727. The van der Waals surface area contributed by atoms with E-state index in [1.807, 2.05) is 75.4 Å². The second-order valence-electron chi connectivity index (χ2n) is 10.3. The van der Waals surface area contributed by atoms with E-state index in [-0.39, 0.29) is 45.5 Å². The maximum Gasteiger partial charge on any atom is 0.244 e. The molecular formula is C30H34Cl3N3O4S. The van der Waals surface area contributed by atoms with Gasteiger partial charge in [-0.3, -0.25) is 13.9 Å². The van der Waals surface area contributed by atoms with Crippen molar-refractivity contribution >= 4 is 62.3 Å². The van der Waals surface area contributed by atoms with Gasteiger partial charge in [0.15, 0.2) is 0 Å². The molecular weight excluding hydrogens is 605 g/mol. The average Bonchev–Trinajstić information content (AvgIpc) is 2.91. The van der Waals surface area contributed by atoms with Crippen molar-refractivity contribution in [2.75, 3.05) is 23.7 Å². The summed E-state index contributed by atoms with van der Waals surface area (Å²) in [6, 6.07) is 18.7. The van der Waals surface area contributed by atoms with Crippen LogP contribution in [0, 0.1) is 12.8 Å². The summed E-state index contributed by atoms with van der Waals surface area (Å²) in [6.45, 7) is 5.81. The van der Waals surface area contributed by atoms with Crippen molar-refractivity contribution in [3.63, 3.8) is 0 Å². The highest BCUT2D eigenvalue weighted by Crippen LogP contribution is 2.35. The molecule has 2 amide bonds. The Morgan fingerprint density at radius 2 is 1.49 bits per heavy atom. The number of nitrogens with zero attached hydrogens (tertiary/aromatic N) is 2. The Hall–Kier alpha value is -2.78. The summed E-state index contributed by atoms with van der Waals surface area (Å²) in [4.78, 5) is 29.2. The van der Waals surface area contributed by atoms with Gasteiger partial charge in [0.1, 0.15) is 12.6 Å². The standard InChI is InChI=1S/C30H34Cl3N3O4S/c1-20(2)17-34-30(38)28(14-22-8-6-5-7-9-22)35(18-23-12-10-21(3)11-13-23)29(37)19-36(41(4,39)40)27-16-25(32)24(31)15-26(27)33/h5-13,15-16,20,28H,14,17-19H2,1-4H3,(H,34,38). The first-order chi connectivity index (χ1) is 19.3. The molecule has 0 aromatic heterocycles. The maximum atomic E-state index is 14.1. The van der Waals surface area contributed by atoms with Crippen molar-refractivity contribution in [3.05, 3.63) is 98.5 Å². The molecule has 3 aromatic carbocycles. The minimum absolute atomic E-state index is 0.0103. The lowest BCUT2D eigenvalue weighted by Gasteiger charge is -2.34.